The molecule has 0 aromatic carbocycles. The van der Waals surface area contributed by atoms with Crippen LogP contribution in [0, 0.1) is 0 Å². The average molecular weight is 157 g/mol. The highest BCUT2D eigenvalue weighted by Crippen LogP contribution is 2.48. The molecule has 3 saturated carbocycles. The van der Waals surface area contributed by atoms with Gasteiger partial charge in [-0.3, -0.25) is 0 Å². The molecule has 0 amide bonds. The first-order valence-electron chi connectivity index (χ1n) is 4.56. The van der Waals surface area contributed by atoms with Crippen molar-refractivity contribution in [3.63, 3.8) is 0 Å². The molecule has 0 radical (unpaired) electrons. The molecular formula is C9H16FN. The number of hydrogen-bond donors (Lipinski definition) is 1. The van der Waals surface area contributed by atoms with E-state index < -0.39 is 5.67 Å². The van der Waals surface area contributed by atoms with E-state index in [1.807, 2.05) is 7.05 Å². The number of rotatable bonds is 1. The van der Waals surface area contributed by atoms with E-state index in [1.165, 1.54) is 0 Å². The lowest BCUT2D eigenvalue weighted by atomic mass is 9.64. The molecule has 0 aliphatic heterocycles. The third kappa shape index (κ3) is 1.08. The second-order valence-corrected chi connectivity index (χ2v) is 4.18. The molecule has 2 bridgehead atoms. The Bertz CT molecular complexity index is 142. The predicted molar refractivity (Wildman–Crippen MR) is 43.3 cm³/mol. The van der Waals surface area contributed by atoms with E-state index in [2.05, 4.69) is 5.32 Å². The van der Waals surface area contributed by atoms with E-state index in [1.54, 1.807) is 0 Å². The van der Waals surface area contributed by atoms with Crippen molar-refractivity contribution in [3.8, 4) is 0 Å². The first kappa shape index (κ1) is 7.53. The lowest BCUT2D eigenvalue weighted by Crippen LogP contribution is -2.54. The van der Waals surface area contributed by atoms with Crippen molar-refractivity contribution in [2.75, 3.05) is 7.05 Å². The Morgan fingerprint density at radius 2 is 1.45 bits per heavy atom. The Kier molecular flexibility index (Phi) is 1.50. The number of fused-ring (bicyclic) bond motifs is 3. The van der Waals surface area contributed by atoms with Gasteiger partial charge >= 0.3 is 0 Å². The van der Waals surface area contributed by atoms with Crippen LogP contribution in [0.15, 0.2) is 0 Å². The zero-order valence-corrected chi connectivity index (χ0v) is 7.12. The lowest BCUT2D eigenvalue weighted by molar-refractivity contribution is -0.00498. The molecule has 3 aliphatic carbocycles. The van der Waals surface area contributed by atoms with E-state index in [4.69, 9.17) is 0 Å². The minimum Gasteiger partial charge on any atom is -0.314 e. The molecule has 0 unspecified atom stereocenters. The number of halogens is 1. The number of nitrogens with one attached hydrogen (secondary N) is 1. The molecule has 2 heteroatoms. The molecule has 64 valence electrons. The maximum absolute atomic E-state index is 13.6. The van der Waals surface area contributed by atoms with E-state index in [-0.39, 0.29) is 0 Å². The molecule has 3 aliphatic rings. The number of alkyl halides is 1. The Morgan fingerprint density at radius 3 is 1.82 bits per heavy atom. The molecule has 0 atom stereocenters. The van der Waals surface area contributed by atoms with Crippen LogP contribution in [0.2, 0.25) is 0 Å². The summed E-state index contributed by atoms with van der Waals surface area (Å²) >= 11 is 0. The molecule has 3 rings (SSSR count). The quantitative estimate of drug-likeness (QED) is 0.614. The Hall–Kier alpha value is -0.110. The van der Waals surface area contributed by atoms with Crippen molar-refractivity contribution in [1.82, 2.24) is 5.32 Å². The second kappa shape index (κ2) is 2.19. The van der Waals surface area contributed by atoms with Gasteiger partial charge in [0, 0.05) is 5.54 Å². The van der Waals surface area contributed by atoms with Crippen LogP contribution in [-0.2, 0) is 0 Å². The fourth-order valence-electron chi connectivity index (χ4n) is 2.51. The third-order valence-corrected chi connectivity index (χ3v) is 3.69. The Balaban J connectivity index is 2.12. The van der Waals surface area contributed by atoms with Gasteiger partial charge in [-0.2, -0.15) is 0 Å². The molecule has 1 N–H and O–H groups in total. The molecule has 1 nitrogen and oxygen atoms in total. The summed E-state index contributed by atoms with van der Waals surface area (Å²) in [6.45, 7) is 0. The van der Waals surface area contributed by atoms with Crippen molar-refractivity contribution < 1.29 is 4.39 Å². The zero-order valence-electron chi connectivity index (χ0n) is 7.12. The molecule has 11 heavy (non-hydrogen) atoms. The van der Waals surface area contributed by atoms with Gasteiger partial charge in [-0.1, -0.05) is 0 Å². The van der Waals surface area contributed by atoms with Crippen LogP contribution in [0.4, 0.5) is 4.39 Å². The first-order chi connectivity index (χ1) is 5.18. The van der Waals surface area contributed by atoms with Crippen LogP contribution < -0.4 is 5.32 Å². The van der Waals surface area contributed by atoms with Gasteiger partial charge < -0.3 is 5.32 Å². The van der Waals surface area contributed by atoms with Gasteiger partial charge in [-0.05, 0) is 45.6 Å². The average Bonchev–Trinajstić information content (AvgIpc) is 2.07. The molecule has 0 spiro atoms. The van der Waals surface area contributed by atoms with Crippen molar-refractivity contribution in [1.29, 1.82) is 0 Å². The second-order valence-electron chi connectivity index (χ2n) is 4.18. The van der Waals surface area contributed by atoms with Crippen LogP contribution in [0.25, 0.3) is 0 Å². The third-order valence-electron chi connectivity index (χ3n) is 3.69. The van der Waals surface area contributed by atoms with Gasteiger partial charge in [0.25, 0.3) is 0 Å². The summed E-state index contributed by atoms with van der Waals surface area (Å²) in [6.07, 6.45) is 5.48. The normalized spacial score (nSPS) is 49.6. The van der Waals surface area contributed by atoms with Crippen molar-refractivity contribution in [2.45, 2.75) is 49.7 Å². The van der Waals surface area contributed by atoms with E-state index in [0.717, 1.165) is 38.5 Å². The van der Waals surface area contributed by atoms with Gasteiger partial charge in [0.1, 0.15) is 5.67 Å². The summed E-state index contributed by atoms with van der Waals surface area (Å²) in [4.78, 5) is 0. The lowest BCUT2D eigenvalue weighted by Gasteiger charge is -2.49. The fourth-order valence-corrected chi connectivity index (χ4v) is 2.51. The Labute approximate surface area is 67.4 Å². The largest absolute Gasteiger partial charge is 0.314 e. The van der Waals surface area contributed by atoms with Crippen molar-refractivity contribution in [2.24, 2.45) is 0 Å². The summed E-state index contributed by atoms with van der Waals surface area (Å²) in [6, 6.07) is 0. The first-order valence-corrected chi connectivity index (χ1v) is 4.56. The van der Waals surface area contributed by atoms with E-state index >= 15 is 0 Å². The summed E-state index contributed by atoms with van der Waals surface area (Å²) in [5.41, 5.74) is -0.466. The van der Waals surface area contributed by atoms with E-state index in [9.17, 15) is 4.39 Å². The highest BCUT2D eigenvalue weighted by molar-refractivity contribution is 5.04. The smallest absolute Gasteiger partial charge is 0.111 e. The minimum atomic E-state index is -0.779. The summed E-state index contributed by atoms with van der Waals surface area (Å²) in [5, 5.41) is 3.36. The maximum atomic E-state index is 13.6. The summed E-state index contributed by atoms with van der Waals surface area (Å²) in [5.74, 6) is 0. The van der Waals surface area contributed by atoms with Gasteiger partial charge in [0.2, 0.25) is 0 Å². The van der Waals surface area contributed by atoms with Crippen LogP contribution in [-0.4, -0.2) is 18.3 Å². The molecule has 0 saturated heterocycles. The van der Waals surface area contributed by atoms with Crippen molar-refractivity contribution >= 4 is 0 Å². The summed E-state index contributed by atoms with van der Waals surface area (Å²) in [7, 11) is 2.01. The van der Waals surface area contributed by atoms with E-state index in [0.29, 0.717) is 5.54 Å². The molecule has 0 aromatic rings. The topological polar surface area (TPSA) is 12.0 Å². The van der Waals surface area contributed by atoms with Crippen LogP contribution >= 0.6 is 0 Å². The predicted octanol–water partition coefficient (Wildman–Crippen LogP) is 2.02. The SMILES string of the molecule is CNC12CCC(F)(CC1)CC2. The van der Waals surface area contributed by atoms with Gasteiger partial charge in [-0.15, -0.1) is 0 Å². The van der Waals surface area contributed by atoms with Gasteiger partial charge in [-0.25, -0.2) is 4.39 Å². The Morgan fingerprint density at radius 1 is 1.00 bits per heavy atom. The maximum Gasteiger partial charge on any atom is 0.111 e. The van der Waals surface area contributed by atoms with Crippen LogP contribution in [0.3, 0.4) is 0 Å². The minimum absolute atomic E-state index is 0.313. The fraction of sp³-hybridized carbons (Fsp3) is 1.00. The standard InChI is InChI=1S/C9H16FN/c1-11-9-5-2-8(10,3-6-9)4-7-9/h11H,2-7H2,1H3. The van der Waals surface area contributed by atoms with Crippen molar-refractivity contribution in [3.05, 3.63) is 0 Å². The van der Waals surface area contributed by atoms with Gasteiger partial charge in [0.15, 0.2) is 0 Å². The van der Waals surface area contributed by atoms with Crippen LogP contribution in [0.5, 0.6) is 0 Å². The molecule has 3 fully saturated rings. The highest BCUT2D eigenvalue weighted by atomic mass is 19.1. The van der Waals surface area contributed by atoms with Gasteiger partial charge in [0.05, 0.1) is 0 Å². The zero-order chi connectivity index (χ0) is 7.95. The van der Waals surface area contributed by atoms with Crippen LogP contribution in [0.1, 0.15) is 38.5 Å². The highest BCUT2D eigenvalue weighted by Gasteiger charge is 2.47. The molecule has 0 aromatic heterocycles. The number of hydrogen-bond acceptors (Lipinski definition) is 1. The summed E-state index contributed by atoms with van der Waals surface area (Å²) < 4.78 is 13.6. The monoisotopic (exact) mass is 157 g/mol. The molecular weight excluding hydrogens is 141 g/mol. The molecule has 0 heterocycles.